The van der Waals surface area contributed by atoms with Gasteiger partial charge in [0, 0.05) is 45.0 Å². The summed E-state index contributed by atoms with van der Waals surface area (Å²) in [4.78, 5) is 49.9. The lowest BCUT2D eigenvalue weighted by atomic mass is 9.96. The van der Waals surface area contributed by atoms with Crippen molar-refractivity contribution in [2.75, 3.05) is 45.5 Å². The van der Waals surface area contributed by atoms with Gasteiger partial charge in [0.15, 0.2) is 0 Å². The van der Waals surface area contributed by atoms with Crippen LogP contribution in [0.2, 0.25) is 0 Å². The van der Waals surface area contributed by atoms with Crippen LogP contribution in [0.4, 0.5) is 5.82 Å². The number of nitrogens with zero attached hydrogens (tertiary/aromatic N) is 7. The van der Waals surface area contributed by atoms with Gasteiger partial charge in [0.2, 0.25) is 5.91 Å². The fourth-order valence-electron chi connectivity index (χ4n) is 6.43. The molecule has 12 heteroatoms. The second-order valence-corrected chi connectivity index (χ2v) is 12.6. The van der Waals surface area contributed by atoms with Crippen molar-refractivity contribution < 1.29 is 14.3 Å². The summed E-state index contributed by atoms with van der Waals surface area (Å²) in [5, 5.41) is 10.1. The highest BCUT2D eigenvalue weighted by Crippen LogP contribution is 2.30. The summed E-state index contributed by atoms with van der Waals surface area (Å²) < 4.78 is 9.17. The van der Waals surface area contributed by atoms with Crippen LogP contribution in [0.5, 0.6) is 11.5 Å². The third-order valence-electron chi connectivity index (χ3n) is 9.06. The highest BCUT2D eigenvalue weighted by Gasteiger charge is 2.35. The van der Waals surface area contributed by atoms with Gasteiger partial charge in [-0.1, -0.05) is 18.2 Å². The number of fused-ring (bicyclic) bond motifs is 1. The molecular formula is C35H38N8O4. The maximum atomic E-state index is 14.2. The molecule has 6 rings (SSSR count). The van der Waals surface area contributed by atoms with Crippen LogP contribution in [0.1, 0.15) is 32.7 Å². The van der Waals surface area contributed by atoms with Gasteiger partial charge in [-0.25, -0.2) is 9.78 Å². The lowest BCUT2D eigenvalue weighted by molar-refractivity contribution is -0.136. The number of pyridine rings is 1. The zero-order chi connectivity index (χ0) is 33.3. The number of imidazole rings is 1. The molecule has 0 aliphatic carbocycles. The molecule has 0 spiro atoms. The first kappa shape index (κ1) is 31.6. The smallest absolute Gasteiger partial charge is 0.334 e. The van der Waals surface area contributed by atoms with Crippen LogP contribution < -0.4 is 16.2 Å². The fraction of sp³-hybridized carbons (Fsp3) is 0.343. The average molecular weight is 635 g/mol. The number of piperidine rings is 1. The number of amides is 2. The second-order valence-electron chi connectivity index (χ2n) is 12.6. The molecule has 2 aliphatic rings. The first-order valence-corrected chi connectivity index (χ1v) is 15.7. The number of nitriles is 1. The van der Waals surface area contributed by atoms with Crippen molar-refractivity contribution in [3.05, 3.63) is 89.0 Å². The Bertz CT molecular complexity index is 1940. The molecule has 2 aromatic carbocycles. The number of hydrogen-bond acceptors (Lipinski definition) is 8. The second kappa shape index (κ2) is 12.8. The lowest BCUT2D eigenvalue weighted by Gasteiger charge is -2.41. The number of nitrogen functional groups attached to an aromatic ring is 1. The molecule has 0 bridgehead atoms. The summed E-state index contributed by atoms with van der Waals surface area (Å²) in [6.45, 7) is 5.95. The maximum absolute atomic E-state index is 14.2. The van der Waals surface area contributed by atoms with Gasteiger partial charge in [-0.3, -0.25) is 23.6 Å². The average Bonchev–Trinajstić information content (AvgIpc) is 3.38. The van der Waals surface area contributed by atoms with Gasteiger partial charge < -0.3 is 20.3 Å². The van der Waals surface area contributed by atoms with Crippen molar-refractivity contribution in [2.45, 2.75) is 38.3 Å². The maximum Gasteiger partial charge on any atom is 0.334 e. The molecule has 2 fully saturated rings. The number of anilines is 1. The van der Waals surface area contributed by atoms with Gasteiger partial charge in [-0.15, -0.1) is 0 Å². The highest BCUT2D eigenvalue weighted by molar-refractivity contribution is 5.97. The van der Waals surface area contributed by atoms with Gasteiger partial charge in [0.05, 0.1) is 23.8 Å². The zero-order valence-corrected chi connectivity index (χ0v) is 26.8. The monoisotopic (exact) mass is 634 g/mol. The van der Waals surface area contributed by atoms with E-state index in [1.807, 2.05) is 49.1 Å². The van der Waals surface area contributed by atoms with Crippen molar-refractivity contribution in [3.63, 3.8) is 0 Å². The molecule has 0 saturated carbocycles. The fourth-order valence-corrected chi connectivity index (χ4v) is 6.43. The topological polar surface area (TPSA) is 143 Å². The van der Waals surface area contributed by atoms with Crippen LogP contribution in [0.15, 0.2) is 83.3 Å². The van der Waals surface area contributed by atoms with E-state index in [9.17, 15) is 19.6 Å². The van der Waals surface area contributed by atoms with Gasteiger partial charge in [-0.05, 0) is 75.2 Å². The Kier molecular flexibility index (Phi) is 8.58. The van der Waals surface area contributed by atoms with Crippen molar-refractivity contribution in [3.8, 4) is 23.3 Å². The number of likely N-dealkylation sites (tertiary alicyclic amines) is 1. The Labute approximate surface area is 272 Å². The van der Waals surface area contributed by atoms with E-state index in [2.05, 4.69) is 11.1 Å². The van der Waals surface area contributed by atoms with Crippen molar-refractivity contribution in [1.29, 1.82) is 5.26 Å². The van der Waals surface area contributed by atoms with Crippen molar-refractivity contribution >= 4 is 28.7 Å². The zero-order valence-electron chi connectivity index (χ0n) is 26.8. The summed E-state index contributed by atoms with van der Waals surface area (Å²) >= 11 is 0. The number of carbonyl (C=O) groups is 2. The first-order chi connectivity index (χ1) is 22.6. The number of carbonyl (C=O) groups excluding carboxylic acids is 2. The van der Waals surface area contributed by atoms with E-state index in [0.29, 0.717) is 60.7 Å². The molecule has 0 radical (unpaired) electrons. The standard InChI is InChI=1S/C35H38N8O4/c1-35(2,41-19-18-39(3)30(44)23-41)20-24(21-36)33(45)40-17-7-8-26(22-40)42-29-15-16-38-32(37)31(29)43(34(42)46)25-11-13-28(14-12-25)47-27-9-5-4-6-10-27/h4-6,9-16,20,26H,7-8,17-19,22-23H2,1-3H3,(H2,37,38)/t26-/m1/s1. The van der Waals surface area contributed by atoms with E-state index in [4.69, 9.17) is 10.5 Å². The number of hydrogen-bond donors (Lipinski definition) is 1. The Balaban J connectivity index is 1.28. The Morgan fingerprint density at radius 3 is 2.47 bits per heavy atom. The Hall–Kier alpha value is -5.41. The number of ether oxygens (including phenoxy) is 1. The van der Waals surface area contributed by atoms with E-state index < -0.39 is 11.4 Å². The Morgan fingerprint density at radius 2 is 1.77 bits per heavy atom. The highest BCUT2D eigenvalue weighted by atomic mass is 16.5. The summed E-state index contributed by atoms with van der Waals surface area (Å²) in [6, 6.07) is 20.1. The van der Waals surface area contributed by atoms with Gasteiger partial charge in [0.1, 0.15) is 34.5 Å². The van der Waals surface area contributed by atoms with Crippen LogP contribution >= 0.6 is 0 Å². The molecule has 2 N–H and O–H groups in total. The number of nitrogens with two attached hydrogens (primary N) is 1. The van der Waals surface area contributed by atoms with Gasteiger partial charge in [-0.2, -0.15) is 5.26 Å². The van der Waals surface area contributed by atoms with Crippen molar-refractivity contribution in [2.24, 2.45) is 0 Å². The molecule has 2 amide bonds. The van der Waals surface area contributed by atoms with Crippen LogP contribution in [0.3, 0.4) is 0 Å². The SMILES string of the molecule is CN1CCN(C(C)(C)C=C(C#N)C(=O)N2CCC[C@@H](n3c(=O)n(-c4ccc(Oc5ccccc5)cc4)c4c(N)nccc43)C2)CC1=O. The normalized spacial score (nSPS) is 18.0. The van der Waals surface area contributed by atoms with E-state index >= 15 is 0 Å². The number of aromatic nitrogens is 3. The van der Waals surface area contributed by atoms with E-state index in [1.54, 1.807) is 68.6 Å². The van der Waals surface area contributed by atoms with Crippen LogP contribution in [0.25, 0.3) is 16.7 Å². The third kappa shape index (κ3) is 6.22. The van der Waals surface area contributed by atoms with Crippen LogP contribution in [0, 0.1) is 11.3 Å². The number of rotatable bonds is 7. The minimum atomic E-state index is -0.691. The summed E-state index contributed by atoms with van der Waals surface area (Å²) in [5.41, 5.74) is 7.09. The lowest BCUT2D eigenvalue weighted by Crippen LogP contribution is -2.55. The number of benzene rings is 2. The van der Waals surface area contributed by atoms with Gasteiger partial charge in [0.25, 0.3) is 5.91 Å². The molecule has 2 aliphatic heterocycles. The molecule has 0 unspecified atom stereocenters. The van der Waals surface area contributed by atoms with Gasteiger partial charge >= 0.3 is 5.69 Å². The number of piperazine rings is 1. The predicted molar refractivity (Wildman–Crippen MR) is 178 cm³/mol. The Morgan fingerprint density at radius 1 is 1.04 bits per heavy atom. The molecule has 2 saturated heterocycles. The van der Waals surface area contributed by atoms with E-state index in [0.717, 1.165) is 0 Å². The van der Waals surface area contributed by atoms with Crippen LogP contribution in [-0.2, 0) is 9.59 Å². The molecule has 4 aromatic rings. The quantitative estimate of drug-likeness (QED) is 0.239. The molecule has 1 atom stereocenters. The third-order valence-corrected chi connectivity index (χ3v) is 9.06. The van der Waals surface area contributed by atoms with Crippen LogP contribution in [-0.4, -0.2) is 85.9 Å². The summed E-state index contributed by atoms with van der Waals surface area (Å²) in [7, 11) is 1.77. The minimum absolute atomic E-state index is 0.00154. The number of para-hydroxylation sites is 1. The molecular weight excluding hydrogens is 596 g/mol. The number of likely N-dealkylation sites (N-methyl/N-ethyl adjacent to an activating group) is 1. The van der Waals surface area contributed by atoms with E-state index in [-0.39, 0.29) is 42.1 Å². The predicted octanol–water partition coefficient (Wildman–Crippen LogP) is 3.73. The molecule has 242 valence electrons. The molecule has 4 heterocycles. The van der Waals surface area contributed by atoms with Crippen molar-refractivity contribution in [1.82, 2.24) is 28.8 Å². The minimum Gasteiger partial charge on any atom is -0.457 e. The summed E-state index contributed by atoms with van der Waals surface area (Å²) in [6.07, 6.45) is 4.54. The summed E-state index contributed by atoms with van der Waals surface area (Å²) in [5.74, 6) is 1.14. The molecule has 2 aromatic heterocycles. The van der Waals surface area contributed by atoms with E-state index in [1.165, 1.54) is 0 Å². The largest absolute Gasteiger partial charge is 0.457 e. The molecule has 47 heavy (non-hydrogen) atoms. The molecule has 12 nitrogen and oxygen atoms in total. The first-order valence-electron chi connectivity index (χ1n) is 15.7.